The summed E-state index contributed by atoms with van der Waals surface area (Å²) in [5, 5.41) is 0. The van der Waals surface area contributed by atoms with Gasteiger partial charge in [0.1, 0.15) is 18.0 Å². The molecule has 0 radical (unpaired) electrons. The number of hydrogen-bond acceptors (Lipinski definition) is 5. The number of likely N-dealkylation sites (tertiary alicyclic amines) is 1. The van der Waals surface area contributed by atoms with Gasteiger partial charge in [-0.1, -0.05) is 32.0 Å². The normalized spacial score (nSPS) is 22.3. The molecule has 6 nitrogen and oxygen atoms in total. The average Bonchev–Trinajstić information content (AvgIpc) is 2.66. The number of carbonyl (C=O) groups excluding carboxylic acids is 1. The van der Waals surface area contributed by atoms with Gasteiger partial charge in [0, 0.05) is 30.6 Å². The fraction of sp³-hybridized carbons (Fsp3) is 0.682. The molecule has 0 spiro atoms. The standard InChI is InChI=1S/C22H34BNO5/c1-21(2,3)29-20(25)24-13-9-8-10-17(24)14-26-19-12-7-6-11-18(19)23-27-15-22(4,5)16-28-23/h6-7,11-12,17H,8-10,13-16H2,1-5H3. The lowest BCUT2D eigenvalue weighted by Crippen LogP contribution is -2.49. The number of hydrogen-bond donors (Lipinski definition) is 0. The minimum atomic E-state index is -0.504. The lowest BCUT2D eigenvalue weighted by molar-refractivity contribution is 0.00355. The Labute approximate surface area is 175 Å². The zero-order chi connectivity index (χ0) is 21.1. The van der Waals surface area contributed by atoms with Crippen molar-refractivity contribution in [3.63, 3.8) is 0 Å². The molecule has 1 atom stereocenters. The Morgan fingerprint density at radius 2 is 1.90 bits per heavy atom. The molecule has 160 valence electrons. The van der Waals surface area contributed by atoms with Gasteiger partial charge in [-0.2, -0.15) is 0 Å². The van der Waals surface area contributed by atoms with Gasteiger partial charge in [-0.3, -0.25) is 0 Å². The van der Waals surface area contributed by atoms with Crippen LogP contribution < -0.4 is 10.2 Å². The van der Waals surface area contributed by atoms with E-state index in [1.165, 1.54) is 0 Å². The third-order valence-corrected chi connectivity index (χ3v) is 5.11. The van der Waals surface area contributed by atoms with Crippen molar-refractivity contribution < 1.29 is 23.6 Å². The van der Waals surface area contributed by atoms with Crippen LogP contribution in [0.3, 0.4) is 0 Å². The van der Waals surface area contributed by atoms with Crippen LogP contribution in [-0.4, -0.2) is 56.1 Å². The molecule has 2 fully saturated rings. The van der Waals surface area contributed by atoms with Gasteiger partial charge in [-0.25, -0.2) is 4.79 Å². The van der Waals surface area contributed by atoms with Crippen LogP contribution in [0.4, 0.5) is 4.79 Å². The van der Waals surface area contributed by atoms with Gasteiger partial charge >= 0.3 is 13.2 Å². The summed E-state index contributed by atoms with van der Waals surface area (Å²) in [6.45, 7) is 12.3. The Kier molecular flexibility index (Phi) is 6.79. The van der Waals surface area contributed by atoms with E-state index < -0.39 is 12.7 Å². The summed E-state index contributed by atoms with van der Waals surface area (Å²) >= 11 is 0. The maximum atomic E-state index is 12.6. The minimum absolute atomic E-state index is 0.00113. The van der Waals surface area contributed by atoms with Gasteiger partial charge in [0.2, 0.25) is 0 Å². The van der Waals surface area contributed by atoms with Crippen LogP contribution in [0.15, 0.2) is 24.3 Å². The highest BCUT2D eigenvalue weighted by Crippen LogP contribution is 2.24. The molecule has 2 aliphatic heterocycles. The zero-order valence-electron chi connectivity index (χ0n) is 18.4. The highest BCUT2D eigenvalue weighted by molar-refractivity contribution is 6.62. The van der Waals surface area contributed by atoms with Crippen LogP contribution in [-0.2, 0) is 14.0 Å². The molecule has 2 aliphatic rings. The molecule has 1 unspecified atom stereocenters. The number of para-hydroxylation sites is 1. The molecule has 3 rings (SSSR count). The molecule has 0 bridgehead atoms. The minimum Gasteiger partial charge on any atom is -0.492 e. The first-order chi connectivity index (χ1) is 13.6. The predicted molar refractivity (Wildman–Crippen MR) is 114 cm³/mol. The second kappa shape index (κ2) is 8.96. The molecule has 1 amide bonds. The topological polar surface area (TPSA) is 57.2 Å². The van der Waals surface area contributed by atoms with E-state index in [9.17, 15) is 4.79 Å². The van der Waals surface area contributed by atoms with Crippen molar-refractivity contribution in [1.82, 2.24) is 4.90 Å². The SMILES string of the molecule is CC1(C)COB(c2ccccc2OCC2CCCCN2C(=O)OC(C)(C)C)OC1. The van der Waals surface area contributed by atoms with Crippen LogP contribution in [0.2, 0.25) is 0 Å². The first-order valence-corrected chi connectivity index (χ1v) is 10.6. The van der Waals surface area contributed by atoms with Crippen LogP contribution in [0.1, 0.15) is 53.9 Å². The Balaban J connectivity index is 1.65. The van der Waals surface area contributed by atoms with Gasteiger partial charge in [0.15, 0.2) is 0 Å². The summed E-state index contributed by atoms with van der Waals surface area (Å²) in [5.74, 6) is 0.743. The maximum Gasteiger partial charge on any atom is 0.497 e. The number of amides is 1. The summed E-state index contributed by atoms with van der Waals surface area (Å²) in [6, 6.07) is 7.81. The van der Waals surface area contributed by atoms with Crippen LogP contribution in [0.25, 0.3) is 0 Å². The van der Waals surface area contributed by atoms with Crippen molar-refractivity contribution in [2.45, 2.75) is 65.5 Å². The molecule has 1 aromatic carbocycles. The molecule has 0 aromatic heterocycles. The Bertz CT molecular complexity index is 693. The molecule has 7 heteroatoms. The molecule has 0 N–H and O–H groups in total. The van der Waals surface area contributed by atoms with Crippen molar-refractivity contribution in [3.8, 4) is 5.75 Å². The third kappa shape index (κ3) is 6.13. The summed E-state index contributed by atoms with van der Waals surface area (Å²) in [7, 11) is -0.424. The second-order valence-corrected chi connectivity index (χ2v) is 9.79. The third-order valence-electron chi connectivity index (χ3n) is 5.11. The highest BCUT2D eigenvalue weighted by Gasteiger charge is 2.36. The number of benzene rings is 1. The Morgan fingerprint density at radius 1 is 1.21 bits per heavy atom. The Morgan fingerprint density at radius 3 is 2.59 bits per heavy atom. The average molecular weight is 403 g/mol. The predicted octanol–water partition coefficient (Wildman–Crippen LogP) is 3.62. The van der Waals surface area contributed by atoms with Crippen molar-refractivity contribution in [1.29, 1.82) is 0 Å². The molecular weight excluding hydrogens is 369 g/mol. The van der Waals surface area contributed by atoms with Gasteiger partial charge < -0.3 is 23.7 Å². The van der Waals surface area contributed by atoms with Crippen LogP contribution >= 0.6 is 0 Å². The quantitative estimate of drug-likeness (QED) is 0.719. The number of piperidine rings is 1. The van der Waals surface area contributed by atoms with Gasteiger partial charge in [-0.05, 0) is 46.1 Å². The van der Waals surface area contributed by atoms with E-state index in [1.54, 1.807) is 0 Å². The van der Waals surface area contributed by atoms with E-state index in [0.717, 1.165) is 30.5 Å². The summed E-state index contributed by atoms with van der Waals surface area (Å²) in [4.78, 5) is 14.4. The molecule has 1 aromatic rings. The summed E-state index contributed by atoms with van der Waals surface area (Å²) in [5.41, 5.74) is 0.404. The lowest BCUT2D eigenvalue weighted by Gasteiger charge is -2.37. The fourth-order valence-corrected chi connectivity index (χ4v) is 3.60. The first-order valence-electron chi connectivity index (χ1n) is 10.6. The van der Waals surface area contributed by atoms with Gasteiger partial charge in [0.25, 0.3) is 0 Å². The fourth-order valence-electron chi connectivity index (χ4n) is 3.60. The van der Waals surface area contributed by atoms with Crippen molar-refractivity contribution in [2.24, 2.45) is 5.41 Å². The number of nitrogens with zero attached hydrogens (tertiary/aromatic N) is 1. The summed E-state index contributed by atoms with van der Waals surface area (Å²) in [6.07, 6.45) is 2.72. The lowest BCUT2D eigenvalue weighted by atomic mass is 9.75. The van der Waals surface area contributed by atoms with E-state index >= 15 is 0 Å². The van der Waals surface area contributed by atoms with Crippen LogP contribution in [0.5, 0.6) is 5.75 Å². The molecule has 2 saturated heterocycles. The molecule has 29 heavy (non-hydrogen) atoms. The molecule has 0 aliphatic carbocycles. The maximum absolute atomic E-state index is 12.6. The molecule has 0 saturated carbocycles. The Hall–Kier alpha value is -1.73. The van der Waals surface area contributed by atoms with E-state index in [0.29, 0.717) is 26.4 Å². The van der Waals surface area contributed by atoms with Crippen molar-refractivity contribution in [3.05, 3.63) is 24.3 Å². The smallest absolute Gasteiger partial charge is 0.492 e. The largest absolute Gasteiger partial charge is 0.497 e. The van der Waals surface area contributed by atoms with E-state index in [-0.39, 0.29) is 17.6 Å². The zero-order valence-corrected chi connectivity index (χ0v) is 18.4. The number of rotatable bonds is 4. The first kappa shape index (κ1) is 22.0. The monoisotopic (exact) mass is 403 g/mol. The molecular formula is C22H34BNO5. The highest BCUT2D eigenvalue weighted by atomic mass is 16.6. The number of carbonyl (C=O) groups is 1. The van der Waals surface area contributed by atoms with Gasteiger partial charge in [0.05, 0.1) is 6.04 Å². The van der Waals surface area contributed by atoms with E-state index in [2.05, 4.69) is 13.8 Å². The van der Waals surface area contributed by atoms with Gasteiger partial charge in [-0.15, -0.1) is 0 Å². The van der Waals surface area contributed by atoms with Crippen LogP contribution in [0, 0.1) is 5.41 Å². The van der Waals surface area contributed by atoms with Crippen molar-refractivity contribution in [2.75, 3.05) is 26.4 Å². The number of ether oxygens (including phenoxy) is 2. The molecule has 2 heterocycles. The van der Waals surface area contributed by atoms with Crippen molar-refractivity contribution >= 4 is 18.7 Å². The second-order valence-electron chi connectivity index (χ2n) is 9.79. The summed E-state index contributed by atoms with van der Waals surface area (Å²) < 4.78 is 23.7. The van der Waals surface area contributed by atoms with E-state index in [1.807, 2.05) is 49.9 Å². The van der Waals surface area contributed by atoms with E-state index in [4.69, 9.17) is 18.8 Å².